The molecule has 0 N–H and O–H groups in total. The lowest BCUT2D eigenvalue weighted by Crippen LogP contribution is -2.46. The third-order valence-electron chi connectivity index (χ3n) is 3.04. The van der Waals surface area contributed by atoms with Crippen LogP contribution in [0.5, 0.6) is 6.01 Å². The van der Waals surface area contributed by atoms with E-state index >= 15 is 0 Å². The van der Waals surface area contributed by atoms with Crippen molar-refractivity contribution in [3.8, 4) is 6.01 Å². The Bertz CT molecular complexity index is 566. The number of aromatic nitrogens is 2. The van der Waals surface area contributed by atoms with Crippen molar-refractivity contribution in [2.45, 2.75) is 12.6 Å². The van der Waals surface area contributed by atoms with E-state index < -0.39 is 10.1 Å². The van der Waals surface area contributed by atoms with Crippen molar-refractivity contribution in [1.82, 2.24) is 14.9 Å². The molecular weight excluding hydrogens is 298 g/mol. The van der Waals surface area contributed by atoms with Crippen LogP contribution < -0.4 is 4.74 Å². The van der Waals surface area contributed by atoms with Gasteiger partial charge >= 0.3 is 6.01 Å². The van der Waals surface area contributed by atoms with Gasteiger partial charge in [-0.25, -0.2) is 4.98 Å². The minimum Gasteiger partial charge on any atom is -0.462 e. The summed E-state index contributed by atoms with van der Waals surface area (Å²) in [6.07, 6.45) is 2.49. The largest absolute Gasteiger partial charge is 0.462 e. The summed E-state index contributed by atoms with van der Waals surface area (Å²) in [5.41, 5.74) is 0.443. The Labute approximate surface area is 124 Å². The molecule has 2 heterocycles. The van der Waals surface area contributed by atoms with Crippen molar-refractivity contribution in [3.63, 3.8) is 0 Å². The van der Waals surface area contributed by atoms with Gasteiger partial charge in [-0.2, -0.15) is 13.4 Å². The normalized spacial score (nSPS) is 20.4. The Balaban J connectivity index is 1.88. The highest BCUT2D eigenvalue weighted by Gasteiger charge is 2.20. The number of ether oxygens (including phenoxy) is 2. The van der Waals surface area contributed by atoms with Crippen LogP contribution >= 0.6 is 0 Å². The fraction of sp³-hybridized carbons (Fsp3) is 0.667. The molecule has 0 radical (unpaired) electrons. The van der Waals surface area contributed by atoms with Gasteiger partial charge in [0, 0.05) is 12.7 Å². The van der Waals surface area contributed by atoms with Gasteiger partial charge < -0.3 is 9.47 Å². The van der Waals surface area contributed by atoms with Gasteiger partial charge in [0.05, 0.1) is 31.2 Å². The minimum absolute atomic E-state index is 0.135. The van der Waals surface area contributed by atoms with E-state index in [2.05, 4.69) is 19.1 Å². The first-order chi connectivity index (χ1) is 9.94. The van der Waals surface area contributed by atoms with E-state index in [1.54, 1.807) is 6.07 Å². The molecule has 0 aliphatic carbocycles. The topological polar surface area (TPSA) is 90.9 Å². The molecule has 118 valence electrons. The van der Waals surface area contributed by atoms with E-state index in [1.807, 2.05) is 7.05 Å². The molecule has 0 saturated carbocycles. The molecule has 8 nitrogen and oxygen atoms in total. The van der Waals surface area contributed by atoms with Crippen LogP contribution in [-0.4, -0.2) is 69.0 Å². The monoisotopic (exact) mass is 317 g/mol. The summed E-state index contributed by atoms with van der Waals surface area (Å²) in [4.78, 5) is 10.3. The number of nitrogens with zero attached hydrogens (tertiary/aromatic N) is 3. The second-order valence-corrected chi connectivity index (χ2v) is 6.46. The van der Waals surface area contributed by atoms with Gasteiger partial charge in [-0.3, -0.25) is 9.08 Å². The third kappa shape index (κ3) is 5.54. The van der Waals surface area contributed by atoms with E-state index in [1.165, 1.54) is 6.20 Å². The smallest absolute Gasteiger partial charge is 0.316 e. The van der Waals surface area contributed by atoms with Crippen LogP contribution in [0.3, 0.4) is 0 Å². The molecule has 0 spiro atoms. The summed E-state index contributed by atoms with van der Waals surface area (Å²) in [7, 11) is -1.49. The third-order valence-corrected chi connectivity index (χ3v) is 3.58. The molecule has 0 amide bonds. The van der Waals surface area contributed by atoms with Gasteiger partial charge in [-0.15, -0.1) is 0 Å². The first-order valence-corrected chi connectivity index (χ1v) is 8.33. The summed E-state index contributed by atoms with van der Waals surface area (Å²) in [5, 5.41) is 0. The highest BCUT2D eigenvalue weighted by Crippen LogP contribution is 2.09. The summed E-state index contributed by atoms with van der Waals surface area (Å²) >= 11 is 0. The molecule has 0 aromatic carbocycles. The van der Waals surface area contributed by atoms with Gasteiger partial charge in [0.1, 0.15) is 13.2 Å². The van der Waals surface area contributed by atoms with Crippen molar-refractivity contribution in [1.29, 1.82) is 0 Å². The van der Waals surface area contributed by atoms with Crippen LogP contribution in [0.2, 0.25) is 0 Å². The molecule has 1 aromatic rings. The molecule has 1 saturated heterocycles. The van der Waals surface area contributed by atoms with Crippen molar-refractivity contribution in [2.24, 2.45) is 0 Å². The van der Waals surface area contributed by atoms with Crippen LogP contribution in [0.25, 0.3) is 0 Å². The average Bonchev–Trinajstić information content (AvgIpc) is 2.44. The van der Waals surface area contributed by atoms with Gasteiger partial charge in [0.15, 0.2) is 0 Å². The van der Waals surface area contributed by atoms with Crippen LogP contribution in [0, 0.1) is 0 Å². The maximum atomic E-state index is 10.9. The maximum absolute atomic E-state index is 10.9. The Morgan fingerprint density at radius 2 is 2.33 bits per heavy atom. The summed E-state index contributed by atoms with van der Waals surface area (Å²) < 4.78 is 37.5. The molecule has 0 bridgehead atoms. The predicted molar refractivity (Wildman–Crippen MR) is 74.4 cm³/mol. The number of hydrogen-bond donors (Lipinski definition) is 0. The SMILES string of the molecule is CN1CCOC[C@H]1COc1nccc(COS(C)(=O)=O)n1. The van der Waals surface area contributed by atoms with Crippen LogP contribution in [0.1, 0.15) is 5.69 Å². The first kappa shape index (κ1) is 16.1. The van der Waals surface area contributed by atoms with E-state index in [0.717, 1.165) is 19.4 Å². The maximum Gasteiger partial charge on any atom is 0.316 e. The molecule has 21 heavy (non-hydrogen) atoms. The van der Waals surface area contributed by atoms with E-state index in [9.17, 15) is 8.42 Å². The number of hydrogen-bond acceptors (Lipinski definition) is 8. The molecule has 1 aliphatic heterocycles. The molecule has 9 heteroatoms. The fourth-order valence-corrected chi connectivity index (χ4v) is 2.11. The van der Waals surface area contributed by atoms with E-state index in [-0.39, 0.29) is 18.7 Å². The van der Waals surface area contributed by atoms with E-state index in [4.69, 9.17) is 9.47 Å². The highest BCUT2D eigenvalue weighted by molar-refractivity contribution is 7.85. The van der Waals surface area contributed by atoms with Gasteiger partial charge in [-0.1, -0.05) is 0 Å². The zero-order chi connectivity index (χ0) is 15.3. The standard InChI is InChI=1S/C12H19N3O5S/c1-15-5-6-18-8-11(15)9-19-12-13-4-3-10(14-12)7-20-21(2,16)17/h3-4,11H,5-9H2,1-2H3/t11-/m0/s1. The fourth-order valence-electron chi connectivity index (χ4n) is 1.78. The quantitative estimate of drug-likeness (QED) is 0.658. The van der Waals surface area contributed by atoms with Crippen molar-refractivity contribution >= 4 is 10.1 Å². The summed E-state index contributed by atoms with van der Waals surface area (Å²) in [5.74, 6) is 0. The van der Waals surface area contributed by atoms with Crippen LogP contribution in [0.4, 0.5) is 0 Å². The molecule has 1 atom stereocenters. The van der Waals surface area contributed by atoms with Crippen molar-refractivity contribution < 1.29 is 22.1 Å². The van der Waals surface area contributed by atoms with Crippen LogP contribution in [-0.2, 0) is 25.6 Å². The second kappa shape index (κ2) is 7.12. The molecule has 1 aromatic heterocycles. The number of likely N-dealkylation sites (N-methyl/N-ethyl adjacent to an activating group) is 1. The second-order valence-electron chi connectivity index (χ2n) is 4.82. The molecule has 2 rings (SSSR count). The Hall–Kier alpha value is -1.29. The summed E-state index contributed by atoms with van der Waals surface area (Å²) in [6, 6.07) is 1.93. The minimum atomic E-state index is -3.50. The Morgan fingerprint density at radius 1 is 1.52 bits per heavy atom. The highest BCUT2D eigenvalue weighted by atomic mass is 32.2. The van der Waals surface area contributed by atoms with Gasteiger partial charge in [0.2, 0.25) is 0 Å². The molecule has 1 fully saturated rings. The molecule has 0 unspecified atom stereocenters. The lowest BCUT2D eigenvalue weighted by molar-refractivity contribution is -0.0120. The number of morpholine rings is 1. The van der Waals surface area contributed by atoms with Crippen LogP contribution in [0.15, 0.2) is 12.3 Å². The van der Waals surface area contributed by atoms with Gasteiger partial charge in [-0.05, 0) is 13.1 Å². The lowest BCUT2D eigenvalue weighted by atomic mass is 10.2. The molecule has 1 aliphatic rings. The molecular formula is C12H19N3O5S. The van der Waals surface area contributed by atoms with E-state index in [0.29, 0.717) is 18.9 Å². The number of rotatable bonds is 6. The van der Waals surface area contributed by atoms with Gasteiger partial charge in [0.25, 0.3) is 10.1 Å². The first-order valence-electron chi connectivity index (χ1n) is 6.51. The van der Waals surface area contributed by atoms with Crippen molar-refractivity contribution in [2.75, 3.05) is 39.7 Å². The lowest BCUT2D eigenvalue weighted by Gasteiger charge is -2.31. The zero-order valence-corrected chi connectivity index (χ0v) is 12.9. The summed E-state index contributed by atoms with van der Waals surface area (Å²) in [6.45, 7) is 2.46. The average molecular weight is 317 g/mol. The Kier molecular flexibility index (Phi) is 5.45. The predicted octanol–water partition coefficient (Wildman–Crippen LogP) is -0.338. The van der Waals surface area contributed by atoms with Crippen molar-refractivity contribution in [3.05, 3.63) is 18.0 Å². The Morgan fingerprint density at radius 3 is 3.05 bits per heavy atom. The zero-order valence-electron chi connectivity index (χ0n) is 12.1.